The van der Waals surface area contributed by atoms with Crippen LogP contribution in [0.1, 0.15) is 23.5 Å². The van der Waals surface area contributed by atoms with Crippen LogP contribution in [0, 0.1) is 0 Å². The number of carbonyl (C=O) groups excluding carboxylic acids is 1. The molecule has 7 nitrogen and oxygen atoms in total. The molecule has 134 valence electrons. The number of aliphatic carboxylic acids is 2. The van der Waals surface area contributed by atoms with E-state index >= 15 is 0 Å². The third-order valence-corrected chi connectivity index (χ3v) is 4.31. The molecule has 0 bridgehead atoms. The Balaban J connectivity index is 1.71. The molecular weight excluding hydrogens is 339 g/mol. The second-order valence-electron chi connectivity index (χ2n) is 5.96. The number of carboxylic acid groups (broad SMARTS) is 2. The van der Waals surface area contributed by atoms with Gasteiger partial charge in [-0.1, -0.05) is 48.5 Å². The van der Waals surface area contributed by atoms with Gasteiger partial charge >= 0.3 is 18.0 Å². The number of ether oxygens (including phenoxy) is 1. The molecule has 7 heteroatoms. The Hall–Kier alpha value is -3.35. The number of rotatable bonds is 6. The Morgan fingerprint density at radius 1 is 0.962 bits per heavy atom. The standard InChI is InChI=1S/C19H17NO6/c21-17(22)9-16(18(23)24)20-19(25)26-10-15-13-7-3-1-5-11(13)12-6-2-4-8-14(12)15/h1-8,15-16H,9-10H2,(H,20,25)(H,21,22)(H,23,24)/t16-/m0/s1/i17+1. The topological polar surface area (TPSA) is 113 Å². The van der Waals surface area contributed by atoms with E-state index in [-0.39, 0.29) is 12.5 Å². The number of hydrogen-bond donors (Lipinski definition) is 3. The van der Waals surface area contributed by atoms with Gasteiger partial charge in [-0.05, 0) is 22.3 Å². The summed E-state index contributed by atoms with van der Waals surface area (Å²) in [5.41, 5.74) is 4.21. The molecule has 0 saturated carbocycles. The zero-order valence-electron chi connectivity index (χ0n) is 13.7. The van der Waals surface area contributed by atoms with Crippen molar-refractivity contribution in [3.8, 4) is 11.1 Å². The molecule has 1 atom stereocenters. The smallest absolute Gasteiger partial charge is 0.407 e. The van der Waals surface area contributed by atoms with Crippen molar-refractivity contribution in [2.75, 3.05) is 6.61 Å². The molecule has 0 spiro atoms. The van der Waals surface area contributed by atoms with Crippen LogP contribution in [0.25, 0.3) is 11.1 Å². The summed E-state index contributed by atoms with van der Waals surface area (Å²) in [6.45, 7) is 0.0271. The van der Waals surface area contributed by atoms with Crippen LogP contribution in [0.4, 0.5) is 4.79 Å². The van der Waals surface area contributed by atoms with E-state index in [9.17, 15) is 14.4 Å². The highest BCUT2D eigenvalue weighted by atomic mass is 16.5. The van der Waals surface area contributed by atoms with Gasteiger partial charge in [0.2, 0.25) is 0 Å². The molecule has 3 N–H and O–H groups in total. The van der Waals surface area contributed by atoms with Crippen molar-refractivity contribution in [3.05, 3.63) is 59.7 Å². The number of benzene rings is 2. The highest BCUT2D eigenvalue weighted by Crippen LogP contribution is 2.44. The first-order chi connectivity index (χ1) is 12.5. The number of carbonyl (C=O) groups is 3. The molecule has 26 heavy (non-hydrogen) atoms. The maximum absolute atomic E-state index is 11.9. The molecule has 0 unspecified atom stereocenters. The van der Waals surface area contributed by atoms with Gasteiger partial charge in [0.05, 0.1) is 6.42 Å². The summed E-state index contributed by atoms with van der Waals surface area (Å²) in [7, 11) is 0. The maximum atomic E-state index is 11.9. The average Bonchev–Trinajstić information content (AvgIpc) is 2.93. The molecule has 1 aliphatic rings. The van der Waals surface area contributed by atoms with Gasteiger partial charge in [-0.15, -0.1) is 0 Å². The van der Waals surface area contributed by atoms with Crippen LogP contribution < -0.4 is 5.32 Å². The number of fused-ring (bicyclic) bond motifs is 3. The minimum Gasteiger partial charge on any atom is -0.481 e. The first-order valence-electron chi connectivity index (χ1n) is 8.03. The highest BCUT2D eigenvalue weighted by Gasteiger charge is 2.30. The monoisotopic (exact) mass is 356 g/mol. The lowest BCUT2D eigenvalue weighted by atomic mass is 9.98. The van der Waals surface area contributed by atoms with Crippen LogP contribution in [-0.4, -0.2) is 40.9 Å². The van der Waals surface area contributed by atoms with Gasteiger partial charge in [-0.25, -0.2) is 9.59 Å². The number of hydrogen-bond acceptors (Lipinski definition) is 4. The van der Waals surface area contributed by atoms with Crippen LogP contribution in [0.3, 0.4) is 0 Å². The quantitative estimate of drug-likeness (QED) is 0.685. The Bertz CT molecular complexity index is 817. The molecule has 3 rings (SSSR count). The summed E-state index contributed by atoms with van der Waals surface area (Å²) < 4.78 is 5.20. The lowest BCUT2D eigenvalue weighted by Crippen LogP contribution is -2.42. The van der Waals surface area contributed by atoms with Crippen molar-refractivity contribution >= 4 is 18.0 Å². The summed E-state index contributed by atoms with van der Waals surface area (Å²) >= 11 is 0. The molecule has 0 radical (unpaired) electrons. The maximum Gasteiger partial charge on any atom is 0.407 e. The van der Waals surface area contributed by atoms with Crippen molar-refractivity contribution in [2.24, 2.45) is 0 Å². The predicted octanol–water partition coefficient (Wildman–Crippen LogP) is 2.45. The second kappa shape index (κ2) is 7.26. The Labute approximate surface area is 149 Å². The summed E-state index contributed by atoms with van der Waals surface area (Å²) in [5, 5.41) is 19.8. The molecule has 1 amide bonds. The van der Waals surface area contributed by atoms with E-state index < -0.39 is 30.5 Å². The van der Waals surface area contributed by atoms with Gasteiger partial charge in [-0.3, -0.25) is 4.79 Å². The number of alkyl carbamates (subject to hydrolysis) is 1. The zero-order chi connectivity index (χ0) is 18.7. The normalized spacial score (nSPS) is 13.4. The van der Waals surface area contributed by atoms with E-state index in [1.54, 1.807) is 0 Å². The summed E-state index contributed by atoms with van der Waals surface area (Å²) in [5.74, 6) is -2.91. The molecule has 2 aromatic rings. The molecular formula is C19H17NO6. The average molecular weight is 356 g/mol. The predicted molar refractivity (Wildman–Crippen MR) is 91.9 cm³/mol. The molecule has 2 aromatic carbocycles. The number of amides is 1. The minimum absolute atomic E-state index is 0.0271. The van der Waals surface area contributed by atoms with Crippen LogP contribution >= 0.6 is 0 Å². The van der Waals surface area contributed by atoms with Crippen LogP contribution in [0.2, 0.25) is 0 Å². The third kappa shape index (κ3) is 3.51. The van der Waals surface area contributed by atoms with Crippen molar-refractivity contribution in [1.82, 2.24) is 5.32 Å². The second-order valence-corrected chi connectivity index (χ2v) is 5.96. The van der Waals surface area contributed by atoms with Crippen molar-refractivity contribution < 1.29 is 29.3 Å². The van der Waals surface area contributed by atoms with Gasteiger partial charge < -0.3 is 20.3 Å². The van der Waals surface area contributed by atoms with Crippen LogP contribution in [0.5, 0.6) is 0 Å². The van der Waals surface area contributed by atoms with Crippen LogP contribution in [-0.2, 0) is 14.3 Å². The molecule has 0 aliphatic heterocycles. The molecule has 0 aromatic heterocycles. The summed E-state index contributed by atoms with van der Waals surface area (Å²) in [6, 6.07) is 14.1. The van der Waals surface area contributed by atoms with Gasteiger partial charge in [0.1, 0.15) is 12.6 Å². The van der Waals surface area contributed by atoms with Crippen molar-refractivity contribution in [3.63, 3.8) is 0 Å². The Morgan fingerprint density at radius 2 is 1.50 bits per heavy atom. The fourth-order valence-electron chi connectivity index (χ4n) is 3.16. The largest absolute Gasteiger partial charge is 0.481 e. The lowest BCUT2D eigenvalue weighted by Gasteiger charge is -2.16. The fraction of sp³-hybridized carbons (Fsp3) is 0.211. The molecule has 0 saturated heterocycles. The van der Waals surface area contributed by atoms with Crippen molar-refractivity contribution in [1.29, 1.82) is 0 Å². The Morgan fingerprint density at radius 3 is 2.00 bits per heavy atom. The number of carboxylic acids is 2. The summed E-state index contributed by atoms with van der Waals surface area (Å²) in [4.78, 5) is 33.6. The third-order valence-electron chi connectivity index (χ3n) is 4.31. The molecule has 1 aliphatic carbocycles. The van der Waals surface area contributed by atoms with E-state index in [4.69, 9.17) is 14.9 Å². The van der Waals surface area contributed by atoms with E-state index in [2.05, 4.69) is 5.32 Å². The fourth-order valence-corrected chi connectivity index (χ4v) is 3.16. The highest BCUT2D eigenvalue weighted by molar-refractivity contribution is 5.84. The van der Waals surface area contributed by atoms with E-state index in [0.29, 0.717) is 0 Å². The zero-order valence-corrected chi connectivity index (χ0v) is 13.7. The van der Waals surface area contributed by atoms with E-state index in [1.807, 2.05) is 48.5 Å². The minimum atomic E-state index is -1.54. The van der Waals surface area contributed by atoms with E-state index in [0.717, 1.165) is 22.3 Å². The number of nitrogens with one attached hydrogen (secondary N) is 1. The molecule has 0 heterocycles. The SMILES string of the molecule is O=C(N[C@@H](C[13C](=O)O)C(=O)O)OCC1c2ccccc2-c2ccccc21. The van der Waals surface area contributed by atoms with Gasteiger partial charge in [-0.2, -0.15) is 0 Å². The van der Waals surface area contributed by atoms with Gasteiger partial charge in [0, 0.05) is 5.92 Å². The lowest BCUT2D eigenvalue weighted by molar-refractivity contribution is -0.145. The van der Waals surface area contributed by atoms with Gasteiger partial charge in [0.25, 0.3) is 0 Å². The Kier molecular flexibility index (Phi) is 4.88. The van der Waals surface area contributed by atoms with Gasteiger partial charge in [0.15, 0.2) is 0 Å². The first kappa shape index (κ1) is 17.5. The van der Waals surface area contributed by atoms with Crippen LogP contribution in [0.15, 0.2) is 48.5 Å². The molecule has 0 fully saturated rings. The first-order valence-corrected chi connectivity index (χ1v) is 8.03. The van der Waals surface area contributed by atoms with E-state index in [1.165, 1.54) is 0 Å². The summed E-state index contributed by atoms with van der Waals surface area (Å²) in [6.07, 6.45) is -1.68. The van der Waals surface area contributed by atoms with Crippen molar-refractivity contribution in [2.45, 2.75) is 18.4 Å².